The highest BCUT2D eigenvalue weighted by Crippen LogP contribution is 2.34. The molecule has 1 fully saturated rings. The highest BCUT2D eigenvalue weighted by atomic mass is 15.3. The predicted octanol–water partition coefficient (Wildman–Crippen LogP) is 3.33. The minimum Gasteiger partial charge on any atom is -0.308 e. The normalized spacial score (nSPS) is 22.0. The number of hydrogen-bond acceptors (Lipinski definition) is 2. The van der Waals surface area contributed by atoms with Gasteiger partial charge in [-0.1, -0.05) is 31.5 Å². The van der Waals surface area contributed by atoms with Crippen molar-refractivity contribution in [2.45, 2.75) is 52.2 Å². The number of aromatic nitrogens is 2. The van der Waals surface area contributed by atoms with Crippen molar-refractivity contribution < 1.29 is 0 Å². The average Bonchev–Trinajstić information content (AvgIpc) is 3.08. The quantitative estimate of drug-likeness (QED) is 0.860. The number of para-hydroxylation sites is 1. The van der Waals surface area contributed by atoms with Crippen molar-refractivity contribution in [1.29, 1.82) is 0 Å². The van der Waals surface area contributed by atoms with Gasteiger partial charge >= 0.3 is 0 Å². The molecule has 1 aromatic carbocycles. The fraction of sp³-hybridized carbons (Fsp3) is 0.562. The summed E-state index contributed by atoms with van der Waals surface area (Å²) in [6, 6.07) is 9.26. The molecule has 102 valence electrons. The first kappa shape index (κ1) is 12.7. The standard InChI is InChI=1S/C16H23N3/c1-3-7-12-10-14(12)17-11-15-13-8-5-6-9-16(13)19(4-2)18-15/h5-6,8-9,12,14,17H,3-4,7,10-11H2,1-2H3. The monoisotopic (exact) mass is 257 g/mol. The zero-order valence-corrected chi connectivity index (χ0v) is 11.9. The molecule has 1 aliphatic carbocycles. The van der Waals surface area contributed by atoms with Crippen LogP contribution < -0.4 is 5.32 Å². The molecule has 0 amide bonds. The molecule has 1 saturated carbocycles. The molecular weight excluding hydrogens is 234 g/mol. The summed E-state index contributed by atoms with van der Waals surface area (Å²) >= 11 is 0. The summed E-state index contributed by atoms with van der Waals surface area (Å²) in [4.78, 5) is 0. The Balaban J connectivity index is 1.71. The minimum atomic E-state index is 0.727. The molecule has 0 radical (unpaired) electrons. The second-order valence-electron chi connectivity index (χ2n) is 5.55. The summed E-state index contributed by atoms with van der Waals surface area (Å²) in [7, 11) is 0. The smallest absolute Gasteiger partial charge is 0.0841 e. The predicted molar refractivity (Wildman–Crippen MR) is 79.0 cm³/mol. The van der Waals surface area contributed by atoms with Crippen molar-refractivity contribution in [2.75, 3.05) is 0 Å². The highest BCUT2D eigenvalue weighted by Gasteiger charge is 2.35. The SMILES string of the molecule is CCCC1CC1NCc1nn(CC)c2ccccc12. The Morgan fingerprint density at radius 3 is 2.95 bits per heavy atom. The first-order valence-corrected chi connectivity index (χ1v) is 7.51. The number of hydrogen-bond donors (Lipinski definition) is 1. The lowest BCUT2D eigenvalue weighted by Gasteiger charge is -2.01. The summed E-state index contributed by atoms with van der Waals surface area (Å²) in [6.07, 6.45) is 4.01. The number of nitrogens with one attached hydrogen (secondary N) is 1. The number of fused-ring (bicyclic) bond motifs is 1. The average molecular weight is 257 g/mol. The van der Waals surface area contributed by atoms with E-state index in [0.29, 0.717) is 0 Å². The largest absolute Gasteiger partial charge is 0.308 e. The summed E-state index contributed by atoms with van der Waals surface area (Å²) in [5.74, 6) is 0.907. The Kier molecular flexibility index (Phi) is 3.56. The van der Waals surface area contributed by atoms with Crippen LogP contribution in [0.1, 0.15) is 38.8 Å². The second-order valence-corrected chi connectivity index (χ2v) is 5.55. The maximum atomic E-state index is 4.73. The third kappa shape index (κ3) is 2.52. The first-order valence-electron chi connectivity index (χ1n) is 7.51. The molecule has 3 rings (SSSR count). The van der Waals surface area contributed by atoms with Crippen LogP contribution in [0.2, 0.25) is 0 Å². The van der Waals surface area contributed by atoms with Gasteiger partial charge in [-0.2, -0.15) is 5.10 Å². The van der Waals surface area contributed by atoms with E-state index in [2.05, 4.69) is 48.1 Å². The van der Waals surface area contributed by atoms with Gasteiger partial charge in [0.15, 0.2) is 0 Å². The van der Waals surface area contributed by atoms with Crippen molar-refractivity contribution in [1.82, 2.24) is 15.1 Å². The van der Waals surface area contributed by atoms with Crippen molar-refractivity contribution in [2.24, 2.45) is 5.92 Å². The Morgan fingerprint density at radius 2 is 2.16 bits per heavy atom. The Morgan fingerprint density at radius 1 is 1.32 bits per heavy atom. The van der Waals surface area contributed by atoms with Crippen molar-refractivity contribution >= 4 is 10.9 Å². The summed E-state index contributed by atoms with van der Waals surface area (Å²) in [6.45, 7) is 6.25. The van der Waals surface area contributed by atoms with E-state index < -0.39 is 0 Å². The molecule has 0 bridgehead atoms. The zero-order valence-electron chi connectivity index (χ0n) is 11.9. The first-order chi connectivity index (χ1) is 9.33. The third-order valence-corrected chi connectivity index (χ3v) is 4.15. The summed E-state index contributed by atoms with van der Waals surface area (Å²) < 4.78 is 2.10. The van der Waals surface area contributed by atoms with E-state index in [1.165, 1.54) is 35.9 Å². The van der Waals surface area contributed by atoms with Crippen LogP contribution in [0.3, 0.4) is 0 Å². The van der Waals surface area contributed by atoms with Gasteiger partial charge < -0.3 is 5.32 Å². The molecule has 1 aromatic heterocycles. The molecule has 19 heavy (non-hydrogen) atoms. The summed E-state index contributed by atoms with van der Waals surface area (Å²) in [5, 5.41) is 9.69. The lowest BCUT2D eigenvalue weighted by molar-refractivity contribution is 0.584. The van der Waals surface area contributed by atoms with E-state index in [1.807, 2.05) is 0 Å². The van der Waals surface area contributed by atoms with E-state index in [1.54, 1.807) is 0 Å². The fourth-order valence-electron chi connectivity index (χ4n) is 2.98. The number of aryl methyl sites for hydroxylation is 1. The van der Waals surface area contributed by atoms with Crippen LogP contribution in [0.15, 0.2) is 24.3 Å². The van der Waals surface area contributed by atoms with Gasteiger partial charge in [0.2, 0.25) is 0 Å². The van der Waals surface area contributed by atoms with Gasteiger partial charge in [0, 0.05) is 24.5 Å². The molecule has 0 saturated heterocycles. The number of nitrogens with zero attached hydrogens (tertiary/aromatic N) is 2. The van der Waals surface area contributed by atoms with Gasteiger partial charge in [-0.3, -0.25) is 4.68 Å². The molecule has 0 aliphatic heterocycles. The van der Waals surface area contributed by atoms with Crippen LogP contribution in [-0.4, -0.2) is 15.8 Å². The molecule has 2 unspecified atom stereocenters. The Labute approximate surface area is 115 Å². The number of rotatable bonds is 6. The summed E-state index contributed by atoms with van der Waals surface area (Å²) in [5.41, 5.74) is 2.45. The highest BCUT2D eigenvalue weighted by molar-refractivity contribution is 5.81. The van der Waals surface area contributed by atoms with Crippen molar-refractivity contribution in [3.05, 3.63) is 30.0 Å². The lowest BCUT2D eigenvalue weighted by Crippen LogP contribution is -2.18. The fourth-order valence-corrected chi connectivity index (χ4v) is 2.98. The van der Waals surface area contributed by atoms with Gasteiger partial charge in [-0.25, -0.2) is 0 Å². The Hall–Kier alpha value is -1.35. The molecule has 2 atom stereocenters. The van der Waals surface area contributed by atoms with E-state index >= 15 is 0 Å². The minimum absolute atomic E-state index is 0.727. The molecule has 1 aliphatic rings. The molecule has 0 spiro atoms. The van der Waals surface area contributed by atoms with E-state index in [0.717, 1.165) is 25.0 Å². The van der Waals surface area contributed by atoms with Gasteiger partial charge in [-0.05, 0) is 31.7 Å². The van der Waals surface area contributed by atoms with Crippen LogP contribution in [-0.2, 0) is 13.1 Å². The number of benzene rings is 1. The van der Waals surface area contributed by atoms with Crippen molar-refractivity contribution in [3.63, 3.8) is 0 Å². The van der Waals surface area contributed by atoms with E-state index in [-0.39, 0.29) is 0 Å². The second kappa shape index (κ2) is 5.33. The molecule has 1 N–H and O–H groups in total. The van der Waals surface area contributed by atoms with Crippen LogP contribution in [0, 0.1) is 5.92 Å². The molecule has 3 nitrogen and oxygen atoms in total. The maximum absolute atomic E-state index is 4.73. The topological polar surface area (TPSA) is 29.9 Å². The zero-order chi connectivity index (χ0) is 13.2. The van der Waals surface area contributed by atoms with Gasteiger partial charge in [-0.15, -0.1) is 0 Å². The third-order valence-electron chi connectivity index (χ3n) is 4.15. The van der Waals surface area contributed by atoms with Crippen molar-refractivity contribution in [3.8, 4) is 0 Å². The molecule has 2 aromatic rings. The van der Waals surface area contributed by atoms with Gasteiger partial charge in [0.25, 0.3) is 0 Å². The van der Waals surface area contributed by atoms with Crippen LogP contribution in [0.4, 0.5) is 0 Å². The molecule has 3 heteroatoms. The van der Waals surface area contributed by atoms with Gasteiger partial charge in [0.1, 0.15) is 0 Å². The Bertz CT molecular complexity index is 558. The van der Waals surface area contributed by atoms with Crippen LogP contribution in [0.25, 0.3) is 10.9 Å². The van der Waals surface area contributed by atoms with E-state index in [9.17, 15) is 0 Å². The molecule has 1 heterocycles. The van der Waals surface area contributed by atoms with E-state index in [4.69, 9.17) is 5.10 Å². The van der Waals surface area contributed by atoms with Gasteiger partial charge in [0.05, 0.1) is 11.2 Å². The molecular formula is C16H23N3. The van der Waals surface area contributed by atoms with Crippen LogP contribution >= 0.6 is 0 Å². The lowest BCUT2D eigenvalue weighted by atomic mass is 10.2. The van der Waals surface area contributed by atoms with Crippen LogP contribution in [0.5, 0.6) is 0 Å². The maximum Gasteiger partial charge on any atom is 0.0841 e.